The van der Waals surface area contributed by atoms with E-state index in [2.05, 4.69) is 17.6 Å². The van der Waals surface area contributed by atoms with Gasteiger partial charge in [-0.2, -0.15) is 0 Å². The highest BCUT2D eigenvalue weighted by Crippen LogP contribution is 2.28. The molecule has 2 aliphatic carbocycles. The molecule has 2 aliphatic rings. The van der Waals surface area contributed by atoms with Crippen LogP contribution in [0, 0.1) is 5.92 Å². The summed E-state index contributed by atoms with van der Waals surface area (Å²) in [7, 11) is 0. The number of carbonyl (C=O) groups excluding carboxylic acids is 1. The minimum Gasteiger partial charge on any atom is -0.480 e. The second kappa shape index (κ2) is 6.46. The third kappa shape index (κ3) is 3.64. The zero-order chi connectivity index (χ0) is 14.6. The highest BCUT2D eigenvalue weighted by molar-refractivity contribution is 5.86. The Hall–Kier alpha value is -1.26. The summed E-state index contributed by atoms with van der Waals surface area (Å²) in [5.74, 6) is -0.249. The Labute approximate surface area is 120 Å². The lowest BCUT2D eigenvalue weighted by atomic mass is 9.90. The maximum absolute atomic E-state index is 12.1. The van der Waals surface area contributed by atoms with Gasteiger partial charge in [-0.05, 0) is 38.0 Å². The number of nitrogens with one attached hydrogen (secondary N) is 2. The standard InChI is InChI=1S/C15H26N2O3/c1-11-6-7-12(10-11)16-14(20)17-15(13(18)19)8-4-2-3-5-9-15/h11-12H,2-10H2,1H3,(H,18,19)(H2,16,17,20). The Kier molecular flexibility index (Phi) is 4.89. The zero-order valence-electron chi connectivity index (χ0n) is 12.3. The van der Waals surface area contributed by atoms with E-state index >= 15 is 0 Å². The van der Waals surface area contributed by atoms with Gasteiger partial charge in [0.25, 0.3) is 0 Å². The van der Waals surface area contributed by atoms with Crippen molar-refractivity contribution in [3.63, 3.8) is 0 Å². The SMILES string of the molecule is CC1CCC(NC(=O)NC2(C(=O)O)CCCCCC2)C1. The molecule has 0 radical (unpaired) electrons. The van der Waals surface area contributed by atoms with Crippen LogP contribution in [0.5, 0.6) is 0 Å². The van der Waals surface area contributed by atoms with Gasteiger partial charge in [-0.3, -0.25) is 0 Å². The average molecular weight is 282 g/mol. The summed E-state index contributed by atoms with van der Waals surface area (Å²) in [4.78, 5) is 23.7. The summed E-state index contributed by atoms with van der Waals surface area (Å²) < 4.78 is 0. The molecular formula is C15H26N2O3. The Balaban J connectivity index is 1.93. The van der Waals surface area contributed by atoms with E-state index in [0.29, 0.717) is 18.8 Å². The molecule has 2 atom stereocenters. The summed E-state index contributed by atoms with van der Waals surface area (Å²) in [6.45, 7) is 2.18. The second-order valence-corrected chi connectivity index (χ2v) is 6.52. The number of amides is 2. The summed E-state index contributed by atoms with van der Waals surface area (Å²) in [6, 6.07) is -0.116. The molecule has 0 aromatic carbocycles. The van der Waals surface area contributed by atoms with E-state index in [1.165, 1.54) is 0 Å². The molecule has 0 aromatic rings. The van der Waals surface area contributed by atoms with Crippen molar-refractivity contribution in [3.8, 4) is 0 Å². The van der Waals surface area contributed by atoms with Crippen LogP contribution in [-0.4, -0.2) is 28.7 Å². The van der Waals surface area contributed by atoms with Gasteiger partial charge in [0.1, 0.15) is 5.54 Å². The summed E-state index contributed by atoms with van der Waals surface area (Å²) in [6.07, 6.45) is 8.04. The topological polar surface area (TPSA) is 78.4 Å². The highest BCUT2D eigenvalue weighted by Gasteiger charge is 2.40. The number of carboxylic acid groups (broad SMARTS) is 1. The van der Waals surface area contributed by atoms with Crippen molar-refractivity contribution in [3.05, 3.63) is 0 Å². The first-order chi connectivity index (χ1) is 9.52. The van der Waals surface area contributed by atoms with E-state index in [0.717, 1.165) is 44.9 Å². The van der Waals surface area contributed by atoms with Crippen LogP contribution in [0.15, 0.2) is 0 Å². The van der Waals surface area contributed by atoms with Gasteiger partial charge in [0.05, 0.1) is 0 Å². The molecule has 2 saturated carbocycles. The van der Waals surface area contributed by atoms with Crippen molar-refractivity contribution in [2.45, 2.75) is 76.3 Å². The maximum Gasteiger partial charge on any atom is 0.329 e. The molecule has 0 aromatic heterocycles. The van der Waals surface area contributed by atoms with Crippen LogP contribution in [0.2, 0.25) is 0 Å². The molecule has 5 nitrogen and oxygen atoms in total. The predicted octanol–water partition coefficient (Wildman–Crippen LogP) is 2.65. The van der Waals surface area contributed by atoms with Crippen molar-refractivity contribution in [1.29, 1.82) is 0 Å². The van der Waals surface area contributed by atoms with Crippen LogP contribution >= 0.6 is 0 Å². The first kappa shape index (κ1) is 15.1. The van der Waals surface area contributed by atoms with E-state index < -0.39 is 11.5 Å². The molecule has 2 fully saturated rings. The molecule has 0 spiro atoms. The Morgan fingerprint density at radius 2 is 1.75 bits per heavy atom. The molecule has 114 valence electrons. The molecular weight excluding hydrogens is 256 g/mol. The third-order valence-corrected chi connectivity index (χ3v) is 4.75. The van der Waals surface area contributed by atoms with E-state index in [1.807, 2.05) is 0 Å². The van der Waals surface area contributed by atoms with Crippen molar-refractivity contribution in [2.24, 2.45) is 5.92 Å². The van der Waals surface area contributed by atoms with Gasteiger partial charge in [0, 0.05) is 6.04 Å². The van der Waals surface area contributed by atoms with Crippen LogP contribution in [-0.2, 0) is 4.79 Å². The fraction of sp³-hybridized carbons (Fsp3) is 0.867. The third-order valence-electron chi connectivity index (χ3n) is 4.75. The van der Waals surface area contributed by atoms with Crippen LogP contribution in [0.25, 0.3) is 0 Å². The highest BCUT2D eigenvalue weighted by atomic mass is 16.4. The first-order valence-electron chi connectivity index (χ1n) is 7.84. The van der Waals surface area contributed by atoms with Crippen molar-refractivity contribution in [1.82, 2.24) is 10.6 Å². The van der Waals surface area contributed by atoms with E-state index in [1.54, 1.807) is 0 Å². The number of carbonyl (C=O) groups is 2. The summed E-state index contributed by atoms with van der Waals surface area (Å²) in [5, 5.41) is 15.2. The zero-order valence-corrected chi connectivity index (χ0v) is 12.3. The smallest absolute Gasteiger partial charge is 0.329 e. The first-order valence-corrected chi connectivity index (χ1v) is 7.84. The molecule has 0 heterocycles. The normalized spacial score (nSPS) is 29.4. The number of carboxylic acids is 1. The maximum atomic E-state index is 12.1. The van der Waals surface area contributed by atoms with Crippen molar-refractivity contribution < 1.29 is 14.7 Å². The second-order valence-electron chi connectivity index (χ2n) is 6.52. The Morgan fingerprint density at radius 1 is 1.10 bits per heavy atom. The van der Waals surface area contributed by atoms with E-state index in [4.69, 9.17) is 0 Å². The van der Waals surface area contributed by atoms with Crippen LogP contribution < -0.4 is 10.6 Å². The van der Waals surface area contributed by atoms with Gasteiger partial charge >= 0.3 is 12.0 Å². The Bertz CT molecular complexity index is 362. The van der Waals surface area contributed by atoms with Gasteiger partial charge in [-0.15, -0.1) is 0 Å². The summed E-state index contributed by atoms with van der Waals surface area (Å²) in [5.41, 5.74) is -1.06. The molecule has 20 heavy (non-hydrogen) atoms. The van der Waals surface area contributed by atoms with E-state index in [-0.39, 0.29) is 12.1 Å². The molecule has 2 rings (SSSR count). The molecule has 0 saturated heterocycles. The number of hydrogen-bond donors (Lipinski definition) is 3. The summed E-state index contributed by atoms with van der Waals surface area (Å²) >= 11 is 0. The minimum absolute atomic E-state index is 0.196. The lowest BCUT2D eigenvalue weighted by molar-refractivity contribution is -0.145. The molecule has 0 bridgehead atoms. The number of aliphatic carboxylic acids is 1. The lowest BCUT2D eigenvalue weighted by Crippen LogP contribution is -2.58. The molecule has 2 unspecified atom stereocenters. The van der Waals surface area contributed by atoms with Gasteiger partial charge in [-0.1, -0.05) is 32.6 Å². The van der Waals surface area contributed by atoms with Crippen LogP contribution in [0.3, 0.4) is 0 Å². The number of urea groups is 1. The molecule has 0 aliphatic heterocycles. The van der Waals surface area contributed by atoms with E-state index in [9.17, 15) is 14.7 Å². The van der Waals surface area contributed by atoms with Crippen LogP contribution in [0.1, 0.15) is 64.7 Å². The minimum atomic E-state index is -1.06. The number of hydrogen-bond acceptors (Lipinski definition) is 2. The fourth-order valence-electron chi connectivity index (χ4n) is 3.50. The molecule has 3 N–H and O–H groups in total. The monoisotopic (exact) mass is 282 g/mol. The van der Waals surface area contributed by atoms with Crippen molar-refractivity contribution >= 4 is 12.0 Å². The van der Waals surface area contributed by atoms with Gasteiger partial charge < -0.3 is 15.7 Å². The fourth-order valence-corrected chi connectivity index (χ4v) is 3.50. The Morgan fingerprint density at radius 3 is 2.25 bits per heavy atom. The van der Waals surface area contributed by atoms with Gasteiger partial charge in [-0.25, -0.2) is 9.59 Å². The van der Waals surface area contributed by atoms with Gasteiger partial charge in [0.15, 0.2) is 0 Å². The average Bonchev–Trinajstić information content (AvgIpc) is 2.64. The number of rotatable bonds is 3. The molecule has 5 heteroatoms. The predicted molar refractivity (Wildman–Crippen MR) is 76.5 cm³/mol. The molecule has 2 amide bonds. The van der Waals surface area contributed by atoms with Gasteiger partial charge in [0.2, 0.25) is 0 Å². The largest absolute Gasteiger partial charge is 0.480 e. The lowest BCUT2D eigenvalue weighted by Gasteiger charge is -2.30. The van der Waals surface area contributed by atoms with Crippen molar-refractivity contribution in [2.75, 3.05) is 0 Å². The van der Waals surface area contributed by atoms with Crippen LogP contribution in [0.4, 0.5) is 4.79 Å². The quantitative estimate of drug-likeness (QED) is 0.696.